The van der Waals surface area contributed by atoms with Crippen LogP contribution in [0.3, 0.4) is 0 Å². The lowest BCUT2D eigenvalue weighted by Crippen LogP contribution is -2.04. The lowest BCUT2D eigenvalue weighted by atomic mass is 10.2. The summed E-state index contributed by atoms with van der Waals surface area (Å²) in [6, 6.07) is 13.5. The van der Waals surface area contributed by atoms with Crippen molar-refractivity contribution in [1.82, 2.24) is 9.97 Å². The van der Waals surface area contributed by atoms with E-state index >= 15 is 0 Å². The number of nitrogens with one attached hydrogen (secondary N) is 2. The molecule has 0 radical (unpaired) electrons. The molecule has 0 atom stereocenters. The highest BCUT2D eigenvalue weighted by Crippen LogP contribution is 2.29. The van der Waals surface area contributed by atoms with Gasteiger partial charge in [0.15, 0.2) is 0 Å². The molecule has 0 aliphatic rings. The predicted octanol–water partition coefficient (Wildman–Crippen LogP) is 5.55. The molecule has 5 nitrogen and oxygen atoms in total. The first-order valence-corrected chi connectivity index (χ1v) is 8.63. The highest BCUT2D eigenvalue weighted by molar-refractivity contribution is 6.31. The summed E-state index contributed by atoms with van der Waals surface area (Å²) in [6.45, 7) is 5.92. The Morgan fingerprint density at radius 2 is 1.73 bits per heavy atom. The maximum Gasteiger partial charge on any atom is 0.229 e. The monoisotopic (exact) mass is 368 g/mol. The number of aromatic nitrogens is 2. The summed E-state index contributed by atoms with van der Waals surface area (Å²) >= 11 is 6.20. The van der Waals surface area contributed by atoms with Crippen molar-refractivity contribution in [3.05, 3.63) is 64.3 Å². The largest absolute Gasteiger partial charge is 0.495 e. The minimum absolute atomic E-state index is 0.496. The van der Waals surface area contributed by atoms with Gasteiger partial charge in [-0.3, -0.25) is 0 Å². The average molecular weight is 369 g/mol. The second-order valence-corrected chi connectivity index (χ2v) is 6.49. The fourth-order valence-electron chi connectivity index (χ4n) is 2.61. The van der Waals surface area contributed by atoms with Crippen molar-refractivity contribution in [2.45, 2.75) is 20.8 Å². The zero-order valence-electron chi connectivity index (χ0n) is 15.2. The lowest BCUT2D eigenvalue weighted by Gasteiger charge is -2.14. The van der Waals surface area contributed by atoms with E-state index in [1.807, 2.05) is 63.2 Å². The van der Waals surface area contributed by atoms with Crippen LogP contribution in [0.15, 0.2) is 42.5 Å². The summed E-state index contributed by atoms with van der Waals surface area (Å²) < 4.78 is 5.41. The summed E-state index contributed by atoms with van der Waals surface area (Å²) in [5.74, 6) is 1.92. The predicted molar refractivity (Wildman–Crippen MR) is 107 cm³/mol. The zero-order valence-corrected chi connectivity index (χ0v) is 16.0. The quantitative estimate of drug-likeness (QED) is 0.618. The standard InChI is InChI=1S/C20H21ClN4O/c1-12-8-9-18(26-4)17(10-12)24-20-22-13(2)11-19(25-20)23-16-7-5-6-15(21)14(16)3/h5-11H,1-4H3,(H2,22,23,24,25). The van der Waals surface area contributed by atoms with E-state index in [2.05, 4.69) is 20.6 Å². The highest BCUT2D eigenvalue weighted by Gasteiger charge is 2.09. The minimum atomic E-state index is 0.496. The van der Waals surface area contributed by atoms with Gasteiger partial charge in [-0.1, -0.05) is 23.7 Å². The summed E-state index contributed by atoms with van der Waals surface area (Å²) in [5, 5.41) is 7.27. The summed E-state index contributed by atoms with van der Waals surface area (Å²) in [5.41, 5.74) is 4.67. The zero-order chi connectivity index (χ0) is 18.7. The Morgan fingerprint density at radius 3 is 2.50 bits per heavy atom. The smallest absolute Gasteiger partial charge is 0.229 e. The van der Waals surface area contributed by atoms with Crippen molar-refractivity contribution in [3.63, 3.8) is 0 Å². The molecule has 0 saturated heterocycles. The van der Waals surface area contributed by atoms with E-state index in [9.17, 15) is 0 Å². The highest BCUT2D eigenvalue weighted by atomic mass is 35.5. The van der Waals surface area contributed by atoms with Gasteiger partial charge < -0.3 is 15.4 Å². The Kier molecular flexibility index (Phi) is 5.28. The van der Waals surface area contributed by atoms with Gasteiger partial charge in [0.25, 0.3) is 0 Å². The maximum atomic E-state index is 6.20. The van der Waals surface area contributed by atoms with Crippen molar-refractivity contribution < 1.29 is 4.74 Å². The molecule has 1 aromatic heterocycles. The average Bonchev–Trinajstić information content (AvgIpc) is 2.59. The van der Waals surface area contributed by atoms with Crippen LogP contribution in [0.4, 0.5) is 23.1 Å². The van der Waals surface area contributed by atoms with E-state index in [0.717, 1.165) is 33.9 Å². The molecule has 0 saturated carbocycles. The Bertz CT molecular complexity index is 943. The fourth-order valence-corrected chi connectivity index (χ4v) is 2.78. The third kappa shape index (κ3) is 4.06. The van der Waals surface area contributed by atoms with Crippen LogP contribution >= 0.6 is 11.6 Å². The number of ether oxygens (including phenoxy) is 1. The normalized spacial score (nSPS) is 10.5. The first-order chi connectivity index (χ1) is 12.5. The first-order valence-electron chi connectivity index (χ1n) is 8.26. The molecule has 3 rings (SSSR count). The van der Waals surface area contributed by atoms with E-state index in [-0.39, 0.29) is 0 Å². The topological polar surface area (TPSA) is 59.1 Å². The number of nitrogens with zero attached hydrogens (tertiary/aromatic N) is 2. The van der Waals surface area contributed by atoms with Gasteiger partial charge in [-0.25, -0.2) is 4.98 Å². The van der Waals surface area contributed by atoms with Crippen LogP contribution in [0.1, 0.15) is 16.8 Å². The second kappa shape index (κ2) is 7.62. The van der Waals surface area contributed by atoms with Crippen LogP contribution in [0.25, 0.3) is 0 Å². The molecule has 134 valence electrons. The fraction of sp³-hybridized carbons (Fsp3) is 0.200. The number of aryl methyl sites for hydroxylation is 2. The van der Waals surface area contributed by atoms with Gasteiger partial charge >= 0.3 is 0 Å². The molecule has 2 N–H and O–H groups in total. The van der Waals surface area contributed by atoms with Crippen LogP contribution in [-0.4, -0.2) is 17.1 Å². The van der Waals surface area contributed by atoms with Crippen LogP contribution in [-0.2, 0) is 0 Å². The molecule has 0 amide bonds. The number of hydrogen-bond donors (Lipinski definition) is 2. The molecule has 1 heterocycles. The molecular formula is C20H21ClN4O. The SMILES string of the molecule is COc1ccc(C)cc1Nc1nc(C)cc(Nc2cccc(Cl)c2C)n1. The van der Waals surface area contributed by atoms with E-state index in [1.54, 1.807) is 7.11 Å². The number of methoxy groups -OCH3 is 1. The van der Waals surface area contributed by atoms with Crippen LogP contribution in [0.5, 0.6) is 5.75 Å². The van der Waals surface area contributed by atoms with E-state index < -0.39 is 0 Å². The number of halogens is 1. The molecule has 26 heavy (non-hydrogen) atoms. The van der Waals surface area contributed by atoms with Crippen LogP contribution in [0, 0.1) is 20.8 Å². The molecule has 0 unspecified atom stereocenters. The van der Waals surface area contributed by atoms with Crippen molar-refractivity contribution in [3.8, 4) is 5.75 Å². The van der Waals surface area contributed by atoms with Crippen LogP contribution in [0.2, 0.25) is 5.02 Å². The minimum Gasteiger partial charge on any atom is -0.495 e. The van der Waals surface area contributed by atoms with Gasteiger partial charge in [-0.05, 0) is 56.2 Å². The first kappa shape index (κ1) is 18.0. The van der Waals surface area contributed by atoms with E-state index in [0.29, 0.717) is 16.8 Å². The number of anilines is 4. The summed E-state index contributed by atoms with van der Waals surface area (Å²) in [6.07, 6.45) is 0. The molecule has 2 aromatic carbocycles. The van der Waals surface area contributed by atoms with Gasteiger partial charge in [-0.15, -0.1) is 0 Å². The van der Waals surface area contributed by atoms with Crippen molar-refractivity contribution in [2.24, 2.45) is 0 Å². The number of rotatable bonds is 5. The summed E-state index contributed by atoms with van der Waals surface area (Å²) in [4.78, 5) is 9.04. The van der Waals surface area contributed by atoms with Crippen molar-refractivity contribution in [2.75, 3.05) is 17.7 Å². The summed E-state index contributed by atoms with van der Waals surface area (Å²) in [7, 11) is 1.64. The lowest BCUT2D eigenvalue weighted by molar-refractivity contribution is 0.416. The number of benzene rings is 2. The third-order valence-electron chi connectivity index (χ3n) is 3.99. The molecule has 6 heteroatoms. The van der Waals surface area contributed by atoms with E-state index in [1.165, 1.54) is 0 Å². The second-order valence-electron chi connectivity index (χ2n) is 6.08. The molecule has 0 fully saturated rings. The van der Waals surface area contributed by atoms with Gasteiger partial charge in [-0.2, -0.15) is 4.98 Å². The Labute approximate surface area is 158 Å². The molecule has 0 aliphatic heterocycles. The Hall–Kier alpha value is -2.79. The van der Waals surface area contributed by atoms with E-state index in [4.69, 9.17) is 16.3 Å². The van der Waals surface area contributed by atoms with Crippen molar-refractivity contribution in [1.29, 1.82) is 0 Å². The Morgan fingerprint density at radius 1 is 0.923 bits per heavy atom. The molecule has 0 spiro atoms. The van der Waals surface area contributed by atoms with Crippen molar-refractivity contribution >= 4 is 34.7 Å². The third-order valence-corrected chi connectivity index (χ3v) is 4.40. The number of hydrogen-bond acceptors (Lipinski definition) is 5. The van der Waals surface area contributed by atoms with Gasteiger partial charge in [0, 0.05) is 22.5 Å². The molecular weight excluding hydrogens is 348 g/mol. The Balaban J connectivity index is 1.91. The van der Waals surface area contributed by atoms with Gasteiger partial charge in [0.1, 0.15) is 11.6 Å². The molecule has 0 bridgehead atoms. The van der Waals surface area contributed by atoms with Gasteiger partial charge in [0.05, 0.1) is 12.8 Å². The maximum absolute atomic E-state index is 6.20. The van der Waals surface area contributed by atoms with Gasteiger partial charge in [0.2, 0.25) is 5.95 Å². The molecule has 3 aromatic rings. The molecule has 0 aliphatic carbocycles. The van der Waals surface area contributed by atoms with Crippen LogP contribution < -0.4 is 15.4 Å².